The third kappa shape index (κ3) is 3.29. The van der Waals surface area contributed by atoms with Crippen molar-refractivity contribution in [1.29, 1.82) is 0 Å². The second-order valence-electron chi connectivity index (χ2n) is 6.24. The summed E-state index contributed by atoms with van der Waals surface area (Å²) in [6, 6.07) is 7.01. The van der Waals surface area contributed by atoms with E-state index in [-0.39, 0.29) is 12.5 Å². The minimum absolute atomic E-state index is 0.175. The van der Waals surface area contributed by atoms with Crippen molar-refractivity contribution in [2.75, 3.05) is 6.54 Å². The summed E-state index contributed by atoms with van der Waals surface area (Å²) in [5.41, 5.74) is 0.532. The van der Waals surface area contributed by atoms with Crippen LogP contribution in [-0.4, -0.2) is 38.3 Å². The van der Waals surface area contributed by atoms with E-state index in [1.807, 2.05) is 0 Å². The van der Waals surface area contributed by atoms with Crippen LogP contribution >= 0.6 is 0 Å². The van der Waals surface area contributed by atoms with Crippen LogP contribution in [0.1, 0.15) is 42.5 Å². The molecule has 0 bridgehead atoms. The van der Waals surface area contributed by atoms with Crippen LogP contribution in [0, 0.1) is 5.41 Å². The Kier molecular flexibility index (Phi) is 4.59. The molecule has 0 saturated heterocycles. The predicted octanol–water partition coefficient (Wildman–Crippen LogP) is 2.03. The molecule has 7 heteroatoms. The minimum atomic E-state index is -0.823. The van der Waals surface area contributed by atoms with Crippen LogP contribution in [0.4, 0.5) is 0 Å². The van der Waals surface area contributed by atoms with Gasteiger partial charge in [-0.25, -0.2) is 0 Å². The molecule has 1 aromatic heterocycles. The maximum absolute atomic E-state index is 12.3. The summed E-state index contributed by atoms with van der Waals surface area (Å²) in [5, 5.41) is 19.8. The minimum Gasteiger partial charge on any atom is -0.481 e. The molecule has 1 saturated carbocycles. The maximum atomic E-state index is 12.3. The van der Waals surface area contributed by atoms with Crippen LogP contribution < -0.4 is 5.32 Å². The first-order valence-electron chi connectivity index (χ1n) is 8.07. The first-order chi connectivity index (χ1) is 11.6. The number of hydrogen-bond acceptors (Lipinski definition) is 4. The molecule has 0 radical (unpaired) electrons. The summed E-state index contributed by atoms with van der Waals surface area (Å²) in [7, 11) is 0. The molecule has 0 aliphatic heterocycles. The fourth-order valence-electron chi connectivity index (χ4n) is 3.17. The van der Waals surface area contributed by atoms with Crippen molar-refractivity contribution < 1.29 is 14.7 Å². The highest BCUT2D eigenvalue weighted by Crippen LogP contribution is 2.36. The summed E-state index contributed by atoms with van der Waals surface area (Å²) < 4.78 is 1.74. The second kappa shape index (κ2) is 6.82. The van der Waals surface area contributed by atoms with Crippen molar-refractivity contribution in [1.82, 2.24) is 20.1 Å². The number of nitrogens with one attached hydrogen (secondary N) is 1. The fourth-order valence-corrected chi connectivity index (χ4v) is 3.17. The van der Waals surface area contributed by atoms with E-state index < -0.39 is 11.4 Å². The Hall–Kier alpha value is -2.70. The van der Waals surface area contributed by atoms with Gasteiger partial charge in [-0.2, -0.15) is 0 Å². The van der Waals surface area contributed by atoms with Gasteiger partial charge in [-0.15, -0.1) is 10.2 Å². The number of rotatable bonds is 5. The number of amides is 1. The van der Waals surface area contributed by atoms with E-state index in [1.54, 1.807) is 41.5 Å². The van der Waals surface area contributed by atoms with Gasteiger partial charge in [0.15, 0.2) is 0 Å². The Balaban J connectivity index is 1.65. The first kappa shape index (κ1) is 16.2. The fraction of sp³-hybridized carbons (Fsp3) is 0.412. The van der Waals surface area contributed by atoms with Gasteiger partial charge >= 0.3 is 5.97 Å². The van der Waals surface area contributed by atoms with E-state index >= 15 is 0 Å². The van der Waals surface area contributed by atoms with Gasteiger partial charge < -0.3 is 10.4 Å². The number of carboxylic acids is 1. The molecule has 1 amide bonds. The number of carbonyl (C=O) groups excluding carboxylic acids is 1. The molecule has 7 nitrogen and oxygen atoms in total. The van der Waals surface area contributed by atoms with E-state index in [1.165, 1.54) is 0 Å². The molecule has 3 rings (SSSR count). The van der Waals surface area contributed by atoms with Gasteiger partial charge in [0, 0.05) is 17.8 Å². The highest BCUT2D eigenvalue weighted by molar-refractivity contribution is 5.94. The van der Waals surface area contributed by atoms with Crippen LogP contribution in [0.5, 0.6) is 0 Å². The van der Waals surface area contributed by atoms with E-state index in [2.05, 4.69) is 15.5 Å². The summed E-state index contributed by atoms with van der Waals surface area (Å²) in [4.78, 5) is 23.9. The van der Waals surface area contributed by atoms with Gasteiger partial charge in [-0.3, -0.25) is 14.2 Å². The van der Waals surface area contributed by atoms with E-state index in [4.69, 9.17) is 0 Å². The molecule has 0 unspecified atom stereocenters. The molecule has 1 heterocycles. The van der Waals surface area contributed by atoms with E-state index in [9.17, 15) is 14.7 Å². The Bertz CT molecular complexity index is 704. The zero-order chi connectivity index (χ0) is 17.0. The van der Waals surface area contributed by atoms with Crippen molar-refractivity contribution >= 4 is 11.9 Å². The molecule has 2 aromatic rings. The highest BCUT2D eigenvalue weighted by atomic mass is 16.4. The van der Waals surface area contributed by atoms with Crippen LogP contribution in [0.15, 0.2) is 36.9 Å². The lowest BCUT2D eigenvalue weighted by Gasteiger charge is -2.33. The SMILES string of the molecule is O=C(NCC1(C(=O)O)CCCCC1)c1ccc(-n2cnnc2)cc1. The Morgan fingerprint density at radius 3 is 2.29 bits per heavy atom. The molecule has 126 valence electrons. The lowest BCUT2D eigenvalue weighted by atomic mass is 9.74. The van der Waals surface area contributed by atoms with Crippen LogP contribution in [0.3, 0.4) is 0 Å². The van der Waals surface area contributed by atoms with Crippen LogP contribution in [0.2, 0.25) is 0 Å². The van der Waals surface area contributed by atoms with Crippen molar-refractivity contribution in [2.24, 2.45) is 5.41 Å². The van der Waals surface area contributed by atoms with Gasteiger partial charge in [0.25, 0.3) is 5.91 Å². The molecule has 24 heavy (non-hydrogen) atoms. The summed E-state index contributed by atoms with van der Waals surface area (Å²) >= 11 is 0. The van der Waals surface area contributed by atoms with Crippen molar-refractivity contribution in [3.8, 4) is 5.69 Å². The smallest absolute Gasteiger partial charge is 0.311 e. The monoisotopic (exact) mass is 328 g/mol. The number of hydrogen-bond donors (Lipinski definition) is 2. The molecular formula is C17H20N4O3. The zero-order valence-corrected chi connectivity index (χ0v) is 13.3. The molecule has 0 atom stereocenters. The Labute approximate surface area is 139 Å². The van der Waals surface area contributed by atoms with Crippen molar-refractivity contribution in [3.63, 3.8) is 0 Å². The number of carboxylic acid groups (broad SMARTS) is 1. The lowest BCUT2D eigenvalue weighted by Crippen LogP contribution is -2.44. The summed E-state index contributed by atoms with van der Waals surface area (Å²) in [6.07, 6.45) is 7.26. The van der Waals surface area contributed by atoms with Crippen LogP contribution in [0.25, 0.3) is 5.69 Å². The molecule has 1 aromatic carbocycles. The standard InChI is InChI=1S/C17H20N4O3/c22-15(18-10-17(16(23)24)8-2-1-3-9-17)13-4-6-14(7-5-13)21-11-19-20-12-21/h4-7,11-12H,1-3,8-10H2,(H,18,22)(H,23,24). The average molecular weight is 328 g/mol. The lowest BCUT2D eigenvalue weighted by molar-refractivity contribution is -0.150. The molecule has 0 spiro atoms. The van der Waals surface area contributed by atoms with Gasteiger partial charge in [-0.05, 0) is 37.1 Å². The molecular weight excluding hydrogens is 308 g/mol. The summed E-state index contributed by atoms with van der Waals surface area (Å²) in [5.74, 6) is -1.07. The first-order valence-corrected chi connectivity index (χ1v) is 8.07. The highest BCUT2D eigenvalue weighted by Gasteiger charge is 2.39. The molecule has 1 aliphatic carbocycles. The zero-order valence-electron chi connectivity index (χ0n) is 13.3. The maximum Gasteiger partial charge on any atom is 0.311 e. The third-order valence-electron chi connectivity index (χ3n) is 4.70. The van der Waals surface area contributed by atoms with Gasteiger partial charge in [0.1, 0.15) is 12.7 Å². The van der Waals surface area contributed by atoms with E-state index in [0.717, 1.165) is 24.9 Å². The quantitative estimate of drug-likeness (QED) is 0.875. The number of aromatic nitrogens is 3. The predicted molar refractivity (Wildman–Crippen MR) is 86.8 cm³/mol. The third-order valence-corrected chi connectivity index (χ3v) is 4.70. The van der Waals surface area contributed by atoms with E-state index in [0.29, 0.717) is 18.4 Å². The number of nitrogens with zero attached hydrogens (tertiary/aromatic N) is 3. The van der Waals surface area contributed by atoms with Gasteiger partial charge in [0.05, 0.1) is 5.41 Å². The van der Waals surface area contributed by atoms with Crippen LogP contribution in [-0.2, 0) is 4.79 Å². The second-order valence-corrected chi connectivity index (χ2v) is 6.24. The molecule has 2 N–H and O–H groups in total. The van der Waals surface area contributed by atoms with Gasteiger partial charge in [0.2, 0.25) is 0 Å². The average Bonchev–Trinajstić information content (AvgIpc) is 3.15. The molecule has 1 aliphatic rings. The number of benzene rings is 1. The van der Waals surface area contributed by atoms with Crippen molar-refractivity contribution in [3.05, 3.63) is 42.5 Å². The topological polar surface area (TPSA) is 97.1 Å². The normalized spacial score (nSPS) is 16.5. The Morgan fingerprint density at radius 2 is 1.71 bits per heavy atom. The number of aliphatic carboxylic acids is 1. The number of carbonyl (C=O) groups is 2. The summed E-state index contributed by atoms with van der Waals surface area (Å²) in [6.45, 7) is 0.175. The Morgan fingerprint density at radius 1 is 1.08 bits per heavy atom. The largest absolute Gasteiger partial charge is 0.481 e. The van der Waals surface area contributed by atoms with Gasteiger partial charge in [-0.1, -0.05) is 19.3 Å². The van der Waals surface area contributed by atoms with Crippen molar-refractivity contribution in [2.45, 2.75) is 32.1 Å². The molecule has 1 fully saturated rings.